The van der Waals surface area contributed by atoms with E-state index in [0.717, 1.165) is 19.3 Å². The fourth-order valence-electron chi connectivity index (χ4n) is 4.50. The molecule has 12 heteroatoms. The van der Waals surface area contributed by atoms with Crippen LogP contribution in [-0.4, -0.2) is 77.3 Å². The number of nitrogens with zero attached hydrogens (tertiary/aromatic N) is 6. The molecule has 0 spiro atoms. The number of rotatable bonds is 4. The van der Waals surface area contributed by atoms with Crippen molar-refractivity contribution in [2.45, 2.75) is 31.1 Å². The number of piperidine rings is 1. The van der Waals surface area contributed by atoms with Crippen LogP contribution in [0.2, 0.25) is 0 Å². The maximum Gasteiger partial charge on any atom is 0.248 e. The summed E-state index contributed by atoms with van der Waals surface area (Å²) in [5.74, 6) is 0.721. The number of carbonyl (C=O) groups excluding carboxylic acids is 1. The van der Waals surface area contributed by atoms with E-state index in [0.29, 0.717) is 55.9 Å². The number of fused-ring (bicyclic) bond motifs is 1. The molecule has 180 valence electrons. The van der Waals surface area contributed by atoms with E-state index in [2.05, 4.69) is 9.88 Å². The van der Waals surface area contributed by atoms with Crippen LogP contribution in [0.25, 0.3) is 16.2 Å². The molecular formula is C22H26N6O4S2. The van der Waals surface area contributed by atoms with Crippen molar-refractivity contribution in [3.8, 4) is 5.13 Å². The fraction of sp³-hybridized carbons (Fsp3) is 0.455. The number of thiazole rings is 1. The van der Waals surface area contributed by atoms with E-state index in [1.807, 2.05) is 0 Å². The van der Waals surface area contributed by atoms with Crippen LogP contribution in [0.15, 0.2) is 39.6 Å². The molecule has 0 unspecified atom stereocenters. The van der Waals surface area contributed by atoms with Gasteiger partial charge in [0.2, 0.25) is 21.4 Å². The van der Waals surface area contributed by atoms with Crippen LogP contribution in [-0.2, 0) is 14.8 Å². The summed E-state index contributed by atoms with van der Waals surface area (Å²) in [5.41, 5.74) is -0.183. The van der Waals surface area contributed by atoms with Crippen LogP contribution >= 0.6 is 11.3 Å². The molecule has 0 aromatic carbocycles. The third-order valence-electron chi connectivity index (χ3n) is 6.41. The minimum absolute atomic E-state index is 0.0474. The Morgan fingerprint density at radius 3 is 2.41 bits per heavy atom. The Kier molecular flexibility index (Phi) is 6.13. The highest BCUT2D eigenvalue weighted by Gasteiger charge is 2.31. The van der Waals surface area contributed by atoms with Crippen molar-refractivity contribution in [1.82, 2.24) is 23.7 Å². The summed E-state index contributed by atoms with van der Waals surface area (Å²) in [6, 6.07) is 3.40. The highest BCUT2D eigenvalue weighted by Crippen LogP contribution is 2.25. The van der Waals surface area contributed by atoms with Gasteiger partial charge in [-0.15, -0.1) is 11.3 Å². The van der Waals surface area contributed by atoms with Gasteiger partial charge in [0, 0.05) is 64.0 Å². The Labute approximate surface area is 201 Å². The third-order valence-corrected chi connectivity index (χ3v) is 9.07. The number of piperazine rings is 1. The van der Waals surface area contributed by atoms with Gasteiger partial charge in [0.15, 0.2) is 10.8 Å². The zero-order valence-corrected chi connectivity index (χ0v) is 20.5. The number of sulfonamides is 1. The second kappa shape index (κ2) is 9.08. The second-order valence-corrected chi connectivity index (χ2v) is 11.3. The highest BCUT2D eigenvalue weighted by molar-refractivity contribution is 7.89. The molecule has 2 aliphatic heterocycles. The predicted octanol–water partition coefficient (Wildman–Crippen LogP) is 1.69. The average Bonchev–Trinajstić information content (AvgIpc) is 3.39. The topological polar surface area (TPSA) is 109 Å². The second-order valence-electron chi connectivity index (χ2n) is 8.51. The van der Waals surface area contributed by atoms with E-state index in [4.69, 9.17) is 4.98 Å². The smallest absolute Gasteiger partial charge is 0.248 e. The van der Waals surface area contributed by atoms with E-state index in [-0.39, 0.29) is 16.2 Å². The highest BCUT2D eigenvalue weighted by atomic mass is 32.2. The van der Waals surface area contributed by atoms with Crippen LogP contribution < -0.4 is 10.3 Å². The van der Waals surface area contributed by atoms with Gasteiger partial charge in [0.25, 0.3) is 0 Å². The summed E-state index contributed by atoms with van der Waals surface area (Å²) in [7, 11) is -3.94. The SMILES string of the molecule is CC(=O)N1CCN(c2ccc3c(=O)c(S(=O)(=O)N4CCCCC4)cn(-c4nccs4)c3n2)CC1. The van der Waals surface area contributed by atoms with Crippen molar-refractivity contribution >= 4 is 44.1 Å². The largest absolute Gasteiger partial charge is 0.353 e. The zero-order valence-electron chi connectivity index (χ0n) is 18.9. The summed E-state index contributed by atoms with van der Waals surface area (Å²) >= 11 is 1.34. The normalized spacial score (nSPS) is 17.9. The standard InChI is InChI=1S/C22H26N6O4S2/c1-16(29)25-10-12-26(13-11-25)19-6-5-17-20(30)18(34(31,32)27-8-3-2-4-9-27)15-28(21(17)24-19)22-23-7-14-33-22/h5-7,14-15H,2-4,8-13H2,1H3. The number of carbonyl (C=O) groups is 1. The zero-order chi connectivity index (χ0) is 23.9. The van der Waals surface area contributed by atoms with Gasteiger partial charge in [-0.25, -0.2) is 18.4 Å². The van der Waals surface area contributed by atoms with E-state index >= 15 is 0 Å². The molecule has 0 bridgehead atoms. The molecule has 0 radical (unpaired) electrons. The summed E-state index contributed by atoms with van der Waals surface area (Å²) in [5, 5.41) is 2.56. The van der Waals surface area contributed by atoms with Crippen molar-refractivity contribution in [3.63, 3.8) is 0 Å². The molecule has 0 N–H and O–H groups in total. The van der Waals surface area contributed by atoms with Gasteiger partial charge in [-0.05, 0) is 25.0 Å². The lowest BCUT2D eigenvalue weighted by molar-refractivity contribution is -0.129. The van der Waals surface area contributed by atoms with Crippen LogP contribution in [0.5, 0.6) is 0 Å². The minimum atomic E-state index is -3.94. The molecule has 2 aliphatic rings. The maximum absolute atomic E-state index is 13.4. The van der Waals surface area contributed by atoms with Gasteiger partial charge in [0.05, 0.1) is 5.39 Å². The van der Waals surface area contributed by atoms with Gasteiger partial charge in [-0.2, -0.15) is 4.31 Å². The van der Waals surface area contributed by atoms with Crippen LogP contribution in [0.3, 0.4) is 0 Å². The molecule has 3 aromatic heterocycles. The van der Waals surface area contributed by atoms with Gasteiger partial charge in [0.1, 0.15) is 10.7 Å². The Balaban J connectivity index is 1.61. The van der Waals surface area contributed by atoms with Gasteiger partial charge in [-0.3, -0.25) is 14.2 Å². The first kappa shape index (κ1) is 22.9. The molecule has 5 rings (SSSR count). The van der Waals surface area contributed by atoms with E-state index in [9.17, 15) is 18.0 Å². The fourth-order valence-corrected chi connectivity index (χ4v) is 6.72. The third kappa shape index (κ3) is 4.10. The van der Waals surface area contributed by atoms with E-state index < -0.39 is 15.5 Å². The molecule has 0 aliphatic carbocycles. The van der Waals surface area contributed by atoms with Crippen LogP contribution in [0.1, 0.15) is 26.2 Å². The average molecular weight is 503 g/mol. The number of pyridine rings is 2. The quantitative estimate of drug-likeness (QED) is 0.534. The maximum atomic E-state index is 13.4. The first-order valence-electron chi connectivity index (χ1n) is 11.3. The first-order chi connectivity index (χ1) is 16.4. The molecular weight excluding hydrogens is 476 g/mol. The summed E-state index contributed by atoms with van der Waals surface area (Å²) in [6.07, 6.45) is 5.57. The van der Waals surface area contributed by atoms with E-state index in [1.165, 1.54) is 21.8 Å². The van der Waals surface area contributed by atoms with Crippen molar-refractivity contribution in [2.24, 2.45) is 0 Å². The lowest BCUT2D eigenvalue weighted by atomic mass is 10.2. The lowest BCUT2D eigenvalue weighted by Gasteiger charge is -2.35. The number of hydrogen-bond donors (Lipinski definition) is 0. The Morgan fingerprint density at radius 1 is 1.03 bits per heavy atom. The molecule has 2 saturated heterocycles. The molecule has 0 atom stereocenters. The molecule has 1 amide bonds. The molecule has 2 fully saturated rings. The lowest BCUT2D eigenvalue weighted by Crippen LogP contribution is -2.48. The predicted molar refractivity (Wildman–Crippen MR) is 130 cm³/mol. The minimum Gasteiger partial charge on any atom is -0.353 e. The Morgan fingerprint density at radius 2 is 1.76 bits per heavy atom. The number of anilines is 1. The number of hydrogen-bond acceptors (Lipinski definition) is 8. The summed E-state index contributed by atoms with van der Waals surface area (Å²) < 4.78 is 29.8. The molecule has 34 heavy (non-hydrogen) atoms. The van der Waals surface area contributed by atoms with Crippen LogP contribution in [0, 0.1) is 0 Å². The molecule has 3 aromatic rings. The van der Waals surface area contributed by atoms with Crippen molar-refractivity contribution in [2.75, 3.05) is 44.2 Å². The molecule has 0 saturated carbocycles. The summed E-state index contributed by atoms with van der Waals surface area (Å²) in [6.45, 7) is 4.85. The first-order valence-corrected chi connectivity index (χ1v) is 13.6. The number of amides is 1. The van der Waals surface area contributed by atoms with Gasteiger partial charge in [-0.1, -0.05) is 6.42 Å². The van der Waals surface area contributed by atoms with Crippen molar-refractivity contribution in [3.05, 3.63) is 40.1 Å². The monoisotopic (exact) mass is 502 g/mol. The van der Waals surface area contributed by atoms with Gasteiger partial charge >= 0.3 is 0 Å². The number of aromatic nitrogens is 3. The molecule has 10 nitrogen and oxygen atoms in total. The Bertz CT molecular complexity index is 1370. The van der Waals surface area contributed by atoms with Crippen molar-refractivity contribution < 1.29 is 13.2 Å². The summed E-state index contributed by atoms with van der Waals surface area (Å²) in [4.78, 5) is 37.8. The van der Waals surface area contributed by atoms with Gasteiger partial charge < -0.3 is 9.80 Å². The molecule has 5 heterocycles. The van der Waals surface area contributed by atoms with E-state index in [1.54, 1.807) is 40.1 Å². The van der Waals surface area contributed by atoms with Crippen LogP contribution in [0.4, 0.5) is 5.82 Å². The van der Waals surface area contributed by atoms with Crippen molar-refractivity contribution in [1.29, 1.82) is 0 Å². The Hall–Kier alpha value is -2.83.